The van der Waals surface area contributed by atoms with E-state index in [0.29, 0.717) is 11.8 Å². The fourth-order valence-electron chi connectivity index (χ4n) is 3.46. The van der Waals surface area contributed by atoms with Crippen LogP contribution in [0.15, 0.2) is 23.8 Å². The molecule has 0 heterocycles. The Balaban J connectivity index is 2.18. The summed E-state index contributed by atoms with van der Waals surface area (Å²) in [6, 6.07) is 0. The van der Waals surface area contributed by atoms with E-state index in [-0.39, 0.29) is 11.5 Å². The highest BCUT2D eigenvalue weighted by molar-refractivity contribution is 5.20. The third kappa shape index (κ3) is 1.75. The molecule has 3 atom stereocenters. The highest BCUT2D eigenvalue weighted by Crippen LogP contribution is 2.56. The molecule has 0 amide bonds. The van der Waals surface area contributed by atoms with Crippen LogP contribution in [-0.2, 0) is 0 Å². The summed E-state index contributed by atoms with van der Waals surface area (Å²) in [5.41, 5.74) is 2.85. The van der Waals surface area contributed by atoms with Crippen molar-refractivity contribution in [1.29, 1.82) is 0 Å². The molecular weight excluding hydrogens is 196 g/mol. The Labute approximate surface area is 99.3 Å². The summed E-state index contributed by atoms with van der Waals surface area (Å²) >= 11 is 0. The zero-order valence-electron chi connectivity index (χ0n) is 10.8. The monoisotopic (exact) mass is 220 g/mol. The number of allylic oxidation sites excluding steroid dienone is 2. The molecule has 2 aliphatic rings. The predicted octanol–water partition coefficient (Wildman–Crippen LogP) is 3.70. The van der Waals surface area contributed by atoms with Gasteiger partial charge in [-0.1, -0.05) is 37.6 Å². The van der Waals surface area contributed by atoms with Crippen molar-refractivity contribution in [3.63, 3.8) is 0 Å². The first-order valence-electron chi connectivity index (χ1n) is 6.46. The SMILES string of the molecule is C=C1CC/C=C(\C)CC[C@@H]2[C@@H]1[C@H](O)C2(C)C. The van der Waals surface area contributed by atoms with Crippen molar-refractivity contribution in [2.24, 2.45) is 17.3 Å². The number of aliphatic hydroxyl groups excluding tert-OH is 1. The molecule has 1 fully saturated rings. The molecule has 0 saturated heterocycles. The molecule has 0 unspecified atom stereocenters. The van der Waals surface area contributed by atoms with Crippen molar-refractivity contribution in [3.05, 3.63) is 23.8 Å². The van der Waals surface area contributed by atoms with E-state index in [4.69, 9.17) is 0 Å². The molecule has 1 saturated carbocycles. The summed E-state index contributed by atoms with van der Waals surface area (Å²) in [5.74, 6) is 0.978. The molecule has 16 heavy (non-hydrogen) atoms. The first-order valence-corrected chi connectivity index (χ1v) is 6.46. The Morgan fingerprint density at radius 2 is 2.06 bits per heavy atom. The molecule has 0 aliphatic heterocycles. The normalized spacial score (nSPS) is 41.9. The van der Waals surface area contributed by atoms with Gasteiger partial charge < -0.3 is 5.11 Å². The van der Waals surface area contributed by atoms with Crippen LogP contribution in [0.25, 0.3) is 0 Å². The van der Waals surface area contributed by atoms with E-state index >= 15 is 0 Å². The molecule has 0 spiro atoms. The number of rotatable bonds is 0. The lowest BCUT2D eigenvalue weighted by Gasteiger charge is -2.57. The summed E-state index contributed by atoms with van der Waals surface area (Å²) in [5, 5.41) is 10.2. The highest BCUT2D eigenvalue weighted by Gasteiger charge is 2.55. The third-order valence-corrected chi connectivity index (χ3v) is 4.77. The van der Waals surface area contributed by atoms with Gasteiger partial charge in [0.2, 0.25) is 0 Å². The van der Waals surface area contributed by atoms with Gasteiger partial charge in [-0.3, -0.25) is 0 Å². The van der Waals surface area contributed by atoms with Crippen LogP contribution < -0.4 is 0 Å². The highest BCUT2D eigenvalue weighted by atomic mass is 16.3. The van der Waals surface area contributed by atoms with Crippen molar-refractivity contribution in [2.75, 3.05) is 0 Å². The maximum absolute atomic E-state index is 10.2. The Morgan fingerprint density at radius 1 is 1.38 bits per heavy atom. The lowest BCUT2D eigenvalue weighted by molar-refractivity contribution is -0.147. The standard InChI is InChI=1S/C15H24O/c1-10-6-5-7-11(2)13-12(9-8-10)15(3,4)14(13)16/h6,12-14,16H,2,5,7-9H2,1,3-4H3/b10-6+/t12-,13-,14+/m1/s1. The second-order valence-electron chi connectivity index (χ2n) is 6.18. The lowest BCUT2D eigenvalue weighted by atomic mass is 9.50. The Morgan fingerprint density at radius 3 is 2.75 bits per heavy atom. The van der Waals surface area contributed by atoms with Gasteiger partial charge in [0.1, 0.15) is 0 Å². The van der Waals surface area contributed by atoms with Gasteiger partial charge in [-0.2, -0.15) is 0 Å². The first-order chi connectivity index (χ1) is 7.44. The molecule has 1 heteroatoms. The molecule has 2 aliphatic carbocycles. The molecule has 2 rings (SSSR count). The van der Waals surface area contributed by atoms with Crippen LogP contribution >= 0.6 is 0 Å². The van der Waals surface area contributed by atoms with Crippen molar-refractivity contribution in [1.82, 2.24) is 0 Å². The summed E-state index contributed by atoms with van der Waals surface area (Å²) in [4.78, 5) is 0. The lowest BCUT2D eigenvalue weighted by Crippen LogP contribution is -2.58. The Bertz CT molecular complexity index is 324. The summed E-state index contributed by atoms with van der Waals surface area (Å²) in [7, 11) is 0. The fraction of sp³-hybridized carbons (Fsp3) is 0.733. The molecule has 0 bridgehead atoms. The molecule has 1 N–H and O–H groups in total. The van der Waals surface area contributed by atoms with E-state index in [9.17, 15) is 5.11 Å². The minimum atomic E-state index is -0.177. The predicted molar refractivity (Wildman–Crippen MR) is 68.1 cm³/mol. The summed E-state index contributed by atoms with van der Waals surface area (Å²) in [6.45, 7) is 10.8. The van der Waals surface area contributed by atoms with Gasteiger partial charge >= 0.3 is 0 Å². The molecule has 90 valence electrons. The van der Waals surface area contributed by atoms with Crippen LogP contribution in [0.1, 0.15) is 46.5 Å². The quantitative estimate of drug-likeness (QED) is 0.617. The smallest absolute Gasteiger partial charge is 0.0661 e. The maximum Gasteiger partial charge on any atom is 0.0661 e. The molecule has 0 aromatic rings. The van der Waals surface area contributed by atoms with Gasteiger partial charge in [0, 0.05) is 5.92 Å². The van der Waals surface area contributed by atoms with E-state index in [1.807, 2.05) is 0 Å². The van der Waals surface area contributed by atoms with Crippen LogP contribution in [0.5, 0.6) is 0 Å². The van der Waals surface area contributed by atoms with Crippen LogP contribution in [0, 0.1) is 17.3 Å². The Kier molecular flexibility index (Phi) is 3.00. The maximum atomic E-state index is 10.2. The molecule has 1 nitrogen and oxygen atoms in total. The van der Waals surface area contributed by atoms with Crippen molar-refractivity contribution < 1.29 is 5.11 Å². The van der Waals surface area contributed by atoms with E-state index < -0.39 is 0 Å². The van der Waals surface area contributed by atoms with Crippen molar-refractivity contribution in [3.8, 4) is 0 Å². The van der Waals surface area contributed by atoms with Gasteiger partial charge in [-0.25, -0.2) is 0 Å². The minimum Gasteiger partial charge on any atom is -0.392 e. The van der Waals surface area contributed by atoms with Gasteiger partial charge in [-0.15, -0.1) is 0 Å². The number of hydrogen-bond acceptors (Lipinski definition) is 1. The van der Waals surface area contributed by atoms with E-state index in [0.717, 1.165) is 12.8 Å². The van der Waals surface area contributed by atoms with Gasteiger partial charge in [-0.05, 0) is 43.9 Å². The van der Waals surface area contributed by atoms with Crippen LogP contribution in [-0.4, -0.2) is 11.2 Å². The molecule has 0 aromatic heterocycles. The van der Waals surface area contributed by atoms with Crippen LogP contribution in [0.3, 0.4) is 0 Å². The average Bonchev–Trinajstić information content (AvgIpc) is 2.27. The minimum absolute atomic E-state index is 0.0816. The number of hydrogen-bond donors (Lipinski definition) is 1. The van der Waals surface area contributed by atoms with Crippen molar-refractivity contribution >= 4 is 0 Å². The average molecular weight is 220 g/mol. The van der Waals surface area contributed by atoms with Crippen LogP contribution in [0.2, 0.25) is 0 Å². The van der Waals surface area contributed by atoms with E-state index in [2.05, 4.69) is 33.4 Å². The zero-order valence-corrected chi connectivity index (χ0v) is 10.8. The van der Waals surface area contributed by atoms with Crippen molar-refractivity contribution in [2.45, 2.75) is 52.6 Å². The second-order valence-corrected chi connectivity index (χ2v) is 6.18. The zero-order chi connectivity index (χ0) is 11.9. The summed E-state index contributed by atoms with van der Waals surface area (Å²) < 4.78 is 0. The molecular formula is C15H24O. The number of aliphatic hydroxyl groups is 1. The summed E-state index contributed by atoms with van der Waals surface area (Å²) in [6.07, 6.45) is 6.70. The van der Waals surface area contributed by atoms with E-state index in [1.165, 1.54) is 24.0 Å². The first kappa shape index (κ1) is 11.9. The van der Waals surface area contributed by atoms with Gasteiger partial charge in [0.05, 0.1) is 6.10 Å². The second kappa shape index (κ2) is 4.03. The molecule has 0 radical (unpaired) electrons. The third-order valence-electron chi connectivity index (χ3n) is 4.77. The van der Waals surface area contributed by atoms with Gasteiger partial charge in [0.15, 0.2) is 0 Å². The van der Waals surface area contributed by atoms with Gasteiger partial charge in [0.25, 0.3) is 0 Å². The molecule has 0 aromatic carbocycles. The fourth-order valence-corrected chi connectivity index (χ4v) is 3.46. The Hall–Kier alpha value is -0.560. The van der Waals surface area contributed by atoms with E-state index in [1.54, 1.807) is 0 Å². The number of fused-ring (bicyclic) bond motifs is 1. The topological polar surface area (TPSA) is 20.2 Å². The largest absolute Gasteiger partial charge is 0.392 e. The van der Waals surface area contributed by atoms with Crippen LogP contribution in [0.4, 0.5) is 0 Å².